The van der Waals surface area contributed by atoms with Gasteiger partial charge < -0.3 is 15.8 Å². The lowest BCUT2D eigenvalue weighted by Gasteiger charge is -2.26. The molecule has 1 amide bonds. The lowest BCUT2D eigenvalue weighted by atomic mass is 10.1. The summed E-state index contributed by atoms with van der Waals surface area (Å²) in [5, 5.41) is 12.4. The highest BCUT2D eigenvalue weighted by atomic mass is 19.1. The van der Waals surface area contributed by atoms with Gasteiger partial charge in [-0.15, -0.1) is 0 Å². The van der Waals surface area contributed by atoms with Crippen molar-refractivity contribution in [1.82, 2.24) is 34.5 Å². The Kier molecular flexibility index (Phi) is 6.27. The first-order valence-corrected chi connectivity index (χ1v) is 12.5. The molecule has 0 unspecified atom stereocenters. The van der Waals surface area contributed by atoms with E-state index in [2.05, 4.69) is 25.4 Å². The third-order valence-electron chi connectivity index (χ3n) is 6.58. The molecule has 0 saturated carbocycles. The number of nitrogens with zero attached hydrogens (tertiary/aromatic N) is 7. The zero-order chi connectivity index (χ0) is 28.0. The topological polar surface area (TPSA) is 156 Å². The standard InChI is InChI=1S/C27H24FN9O3/c1-14(2)36-10-19(20-8-5-16(28)9-30-20)24(38)23(34-36)27(39)33-17-6-3-15(4-7-17)22-21-25(29)31-13-32-26(21)37(35-22)18-11-40-12-18/h3-10,13-14,18H,11-12H2,1-2H3,(H,33,39)(H2,29,31,32). The number of nitrogens with one attached hydrogen (secondary N) is 1. The normalized spacial score (nSPS) is 13.5. The van der Waals surface area contributed by atoms with E-state index in [1.165, 1.54) is 29.3 Å². The number of benzene rings is 1. The van der Waals surface area contributed by atoms with Gasteiger partial charge in [0.25, 0.3) is 5.91 Å². The van der Waals surface area contributed by atoms with Crippen LogP contribution < -0.4 is 16.5 Å². The molecule has 5 aromatic rings. The molecular formula is C27H24FN9O3. The van der Waals surface area contributed by atoms with Crippen molar-refractivity contribution in [2.75, 3.05) is 24.3 Å². The largest absolute Gasteiger partial charge is 0.383 e. The number of fused-ring (bicyclic) bond motifs is 1. The smallest absolute Gasteiger partial charge is 0.280 e. The Morgan fingerprint density at radius 2 is 1.88 bits per heavy atom. The Morgan fingerprint density at radius 1 is 1.10 bits per heavy atom. The molecule has 0 spiro atoms. The quantitative estimate of drug-likeness (QED) is 0.329. The van der Waals surface area contributed by atoms with E-state index in [1.807, 2.05) is 13.8 Å². The summed E-state index contributed by atoms with van der Waals surface area (Å²) in [5.41, 5.74) is 8.06. The van der Waals surface area contributed by atoms with E-state index in [-0.39, 0.29) is 29.0 Å². The number of aromatic nitrogens is 7. The van der Waals surface area contributed by atoms with Crippen molar-refractivity contribution in [3.8, 4) is 22.5 Å². The average Bonchev–Trinajstić information content (AvgIpc) is 3.29. The molecule has 0 atom stereocenters. The molecule has 40 heavy (non-hydrogen) atoms. The Morgan fingerprint density at radius 3 is 2.52 bits per heavy atom. The second-order valence-electron chi connectivity index (χ2n) is 9.63. The van der Waals surface area contributed by atoms with Gasteiger partial charge in [0.1, 0.15) is 29.7 Å². The van der Waals surface area contributed by atoms with Crippen LogP contribution in [-0.2, 0) is 4.74 Å². The first kappa shape index (κ1) is 25.2. The molecule has 12 nitrogen and oxygen atoms in total. The predicted octanol–water partition coefficient (Wildman–Crippen LogP) is 3.24. The minimum Gasteiger partial charge on any atom is -0.383 e. The van der Waals surface area contributed by atoms with Gasteiger partial charge in [-0.25, -0.2) is 19.0 Å². The summed E-state index contributed by atoms with van der Waals surface area (Å²) >= 11 is 0. The number of rotatable bonds is 6. The summed E-state index contributed by atoms with van der Waals surface area (Å²) in [6.07, 6.45) is 3.93. The van der Waals surface area contributed by atoms with Gasteiger partial charge in [-0.2, -0.15) is 10.2 Å². The van der Waals surface area contributed by atoms with Crippen molar-refractivity contribution in [3.63, 3.8) is 0 Å². The average molecular weight is 542 g/mol. The van der Waals surface area contributed by atoms with E-state index < -0.39 is 17.2 Å². The van der Waals surface area contributed by atoms with Crippen LogP contribution in [0.15, 0.2) is 59.9 Å². The molecule has 202 valence electrons. The molecule has 1 saturated heterocycles. The van der Waals surface area contributed by atoms with Crippen molar-refractivity contribution >= 4 is 28.4 Å². The Labute approximate surface area is 226 Å². The number of anilines is 2. The van der Waals surface area contributed by atoms with E-state index in [0.29, 0.717) is 41.4 Å². The van der Waals surface area contributed by atoms with Gasteiger partial charge in [-0.3, -0.25) is 19.3 Å². The number of carbonyl (C=O) groups excluding carboxylic acids is 1. The zero-order valence-corrected chi connectivity index (χ0v) is 21.6. The maximum absolute atomic E-state index is 13.4. The van der Waals surface area contributed by atoms with Gasteiger partial charge in [0.2, 0.25) is 5.43 Å². The molecule has 1 aromatic carbocycles. The second-order valence-corrected chi connectivity index (χ2v) is 9.63. The number of nitrogens with two attached hydrogens (primary N) is 1. The maximum atomic E-state index is 13.4. The van der Waals surface area contributed by atoms with Crippen molar-refractivity contribution in [2.24, 2.45) is 0 Å². The number of pyridine rings is 1. The van der Waals surface area contributed by atoms with E-state index >= 15 is 0 Å². The molecule has 6 rings (SSSR count). The van der Waals surface area contributed by atoms with Gasteiger partial charge >= 0.3 is 0 Å². The highest BCUT2D eigenvalue weighted by Gasteiger charge is 2.27. The highest BCUT2D eigenvalue weighted by Crippen LogP contribution is 2.33. The Hall–Kier alpha value is -5.04. The van der Waals surface area contributed by atoms with E-state index in [9.17, 15) is 14.0 Å². The van der Waals surface area contributed by atoms with Crippen molar-refractivity contribution in [2.45, 2.75) is 25.9 Å². The summed E-state index contributed by atoms with van der Waals surface area (Å²) in [7, 11) is 0. The van der Waals surface area contributed by atoms with Crippen molar-refractivity contribution in [1.29, 1.82) is 0 Å². The first-order chi connectivity index (χ1) is 19.3. The number of halogens is 1. The number of hydrogen-bond acceptors (Lipinski definition) is 9. The minimum absolute atomic E-state index is 0.0624. The van der Waals surface area contributed by atoms with Crippen LogP contribution in [0.3, 0.4) is 0 Å². The molecular weight excluding hydrogens is 517 g/mol. The fourth-order valence-corrected chi connectivity index (χ4v) is 4.36. The highest BCUT2D eigenvalue weighted by molar-refractivity contribution is 6.03. The van der Waals surface area contributed by atoms with Crippen LogP contribution in [0.1, 0.15) is 36.4 Å². The predicted molar refractivity (Wildman–Crippen MR) is 145 cm³/mol. The molecule has 0 radical (unpaired) electrons. The van der Waals surface area contributed by atoms with E-state index in [0.717, 1.165) is 11.8 Å². The summed E-state index contributed by atoms with van der Waals surface area (Å²) in [6, 6.07) is 9.45. The van der Waals surface area contributed by atoms with Crippen molar-refractivity contribution in [3.05, 3.63) is 76.9 Å². The molecule has 3 N–H and O–H groups in total. The number of carbonyl (C=O) groups is 1. The molecule has 1 fully saturated rings. The molecule has 1 aliphatic heterocycles. The summed E-state index contributed by atoms with van der Waals surface area (Å²) in [4.78, 5) is 38.9. The summed E-state index contributed by atoms with van der Waals surface area (Å²) in [6.45, 7) is 4.80. The third-order valence-corrected chi connectivity index (χ3v) is 6.58. The molecule has 13 heteroatoms. The summed E-state index contributed by atoms with van der Waals surface area (Å²) in [5.74, 6) is -0.907. The molecule has 4 aromatic heterocycles. The number of hydrogen-bond donors (Lipinski definition) is 2. The van der Waals surface area contributed by atoms with Crippen LogP contribution >= 0.6 is 0 Å². The van der Waals surface area contributed by atoms with Crippen LogP contribution in [0.25, 0.3) is 33.5 Å². The van der Waals surface area contributed by atoms with Gasteiger partial charge in [0.15, 0.2) is 11.3 Å². The van der Waals surface area contributed by atoms with E-state index in [4.69, 9.17) is 15.6 Å². The van der Waals surface area contributed by atoms with Gasteiger partial charge in [-0.05, 0) is 38.1 Å². The summed E-state index contributed by atoms with van der Waals surface area (Å²) < 4.78 is 22.0. The van der Waals surface area contributed by atoms with Crippen molar-refractivity contribution < 1.29 is 13.9 Å². The van der Waals surface area contributed by atoms with E-state index in [1.54, 1.807) is 28.9 Å². The number of ether oxygens (including phenoxy) is 1. The minimum atomic E-state index is -0.687. The number of nitrogen functional groups attached to an aromatic ring is 1. The van der Waals surface area contributed by atoms with Crippen LogP contribution in [0.5, 0.6) is 0 Å². The lowest BCUT2D eigenvalue weighted by Crippen LogP contribution is -2.31. The van der Waals surface area contributed by atoms with Crippen LogP contribution in [0.2, 0.25) is 0 Å². The zero-order valence-electron chi connectivity index (χ0n) is 21.6. The molecule has 0 bridgehead atoms. The lowest BCUT2D eigenvalue weighted by molar-refractivity contribution is -0.0268. The fourth-order valence-electron chi connectivity index (χ4n) is 4.36. The Bertz CT molecular complexity index is 1790. The van der Waals surface area contributed by atoms with Crippen LogP contribution in [-0.4, -0.2) is 53.6 Å². The molecule has 1 aliphatic rings. The van der Waals surface area contributed by atoms with Crippen LogP contribution in [0, 0.1) is 5.82 Å². The molecule has 5 heterocycles. The number of amides is 1. The fraction of sp³-hybridized carbons (Fsp3) is 0.222. The molecule has 0 aliphatic carbocycles. The SMILES string of the molecule is CC(C)n1cc(-c2ccc(F)cn2)c(=O)c(C(=O)Nc2ccc(-c3nn(C4COC4)c4ncnc(N)c34)cc2)n1. The Balaban J connectivity index is 1.31. The van der Waals surface area contributed by atoms with Gasteiger partial charge in [0.05, 0.1) is 36.1 Å². The van der Waals surface area contributed by atoms with Crippen LogP contribution in [0.4, 0.5) is 15.9 Å². The first-order valence-electron chi connectivity index (χ1n) is 12.5. The van der Waals surface area contributed by atoms with Gasteiger partial charge in [0, 0.05) is 23.5 Å². The van der Waals surface area contributed by atoms with Gasteiger partial charge in [-0.1, -0.05) is 12.1 Å². The maximum Gasteiger partial charge on any atom is 0.280 e. The monoisotopic (exact) mass is 541 g/mol. The third kappa shape index (κ3) is 4.45. The second kappa shape index (κ2) is 9.93.